The lowest BCUT2D eigenvalue weighted by atomic mass is 10.0. The summed E-state index contributed by atoms with van der Waals surface area (Å²) in [6.07, 6.45) is 0. The van der Waals surface area contributed by atoms with Crippen molar-refractivity contribution in [3.63, 3.8) is 0 Å². The molecule has 0 aliphatic heterocycles. The van der Waals surface area contributed by atoms with Gasteiger partial charge in [-0.3, -0.25) is 14.4 Å². The van der Waals surface area contributed by atoms with Gasteiger partial charge in [0.25, 0.3) is 11.8 Å². The number of rotatable bonds is 11. The molecule has 0 fully saturated rings. The van der Waals surface area contributed by atoms with E-state index in [0.29, 0.717) is 16.9 Å². The Balaban J connectivity index is 2.09. The number of phenolic OH excluding ortho intramolecular Hbond substituents is 1. The predicted octanol–water partition coefficient (Wildman–Crippen LogP) is 1.68. The van der Waals surface area contributed by atoms with Crippen LogP contribution >= 0.6 is 11.5 Å². The number of nitrogens with one attached hydrogen (secondary N) is 1. The van der Waals surface area contributed by atoms with Gasteiger partial charge < -0.3 is 36.3 Å². The van der Waals surface area contributed by atoms with E-state index in [-0.39, 0.29) is 41.7 Å². The van der Waals surface area contributed by atoms with Crippen LogP contribution in [0.3, 0.4) is 0 Å². The van der Waals surface area contributed by atoms with Crippen molar-refractivity contribution in [3.05, 3.63) is 70.2 Å². The highest BCUT2D eigenvalue weighted by atomic mass is 32.1. The van der Waals surface area contributed by atoms with Crippen molar-refractivity contribution in [2.75, 3.05) is 33.1 Å². The zero-order chi connectivity index (χ0) is 26.2. The average Bonchev–Trinajstić information content (AvgIpc) is 3.26. The van der Waals surface area contributed by atoms with Crippen molar-refractivity contribution >= 4 is 34.9 Å². The number of primary amides is 1. The molecule has 0 saturated heterocycles. The van der Waals surface area contributed by atoms with E-state index >= 15 is 0 Å². The Morgan fingerprint density at radius 3 is 2.33 bits per heavy atom. The van der Waals surface area contributed by atoms with Crippen LogP contribution in [0.1, 0.15) is 37.3 Å². The molecule has 0 spiro atoms. The number of benzene rings is 2. The molecule has 0 aliphatic carbocycles. The number of nitrogen functional groups attached to an aromatic ring is 1. The minimum atomic E-state index is -1.12. The molecule has 0 radical (unpaired) electrons. The summed E-state index contributed by atoms with van der Waals surface area (Å²) in [4.78, 5) is 40.2. The Kier molecular flexibility index (Phi) is 8.81. The number of methoxy groups -OCH3 is 2. The van der Waals surface area contributed by atoms with Gasteiger partial charge in [-0.2, -0.15) is 4.37 Å². The summed E-state index contributed by atoms with van der Waals surface area (Å²) in [5, 5.41) is 12.5. The molecule has 2 aromatic carbocycles. The highest BCUT2D eigenvalue weighted by Crippen LogP contribution is 2.31. The van der Waals surface area contributed by atoms with Crippen molar-refractivity contribution in [2.24, 2.45) is 5.73 Å². The van der Waals surface area contributed by atoms with Gasteiger partial charge in [-0.05, 0) is 46.9 Å². The first kappa shape index (κ1) is 26.4. The second-order valence-electron chi connectivity index (χ2n) is 7.70. The highest BCUT2D eigenvalue weighted by Gasteiger charge is 2.35. The number of phenols is 1. The molecule has 0 aliphatic rings. The van der Waals surface area contributed by atoms with Gasteiger partial charge >= 0.3 is 0 Å². The number of aromatic nitrogens is 1. The average molecular weight is 514 g/mol. The van der Waals surface area contributed by atoms with Crippen molar-refractivity contribution in [1.82, 2.24) is 14.6 Å². The zero-order valence-corrected chi connectivity index (χ0v) is 20.6. The number of amides is 3. The molecule has 0 bridgehead atoms. The Morgan fingerprint density at radius 1 is 1.11 bits per heavy atom. The topological polar surface area (TPSA) is 170 Å². The van der Waals surface area contributed by atoms with Crippen molar-refractivity contribution in [2.45, 2.75) is 12.6 Å². The van der Waals surface area contributed by atoms with E-state index in [1.165, 1.54) is 24.1 Å². The molecule has 6 N–H and O–H groups in total. The minimum Gasteiger partial charge on any atom is -0.508 e. The summed E-state index contributed by atoms with van der Waals surface area (Å²) in [6, 6.07) is 11.8. The second kappa shape index (κ2) is 12.0. The number of ether oxygens (including phenoxy) is 2. The molecule has 0 unspecified atom stereocenters. The minimum absolute atomic E-state index is 0.00289. The van der Waals surface area contributed by atoms with Gasteiger partial charge in [-0.1, -0.05) is 24.3 Å². The first-order valence-corrected chi connectivity index (χ1v) is 11.6. The molecule has 190 valence electrons. The molecular weight excluding hydrogens is 486 g/mol. The fraction of sp³-hybridized carbons (Fsp3) is 0.250. The van der Waals surface area contributed by atoms with Crippen molar-refractivity contribution in [3.8, 4) is 11.5 Å². The normalized spacial score (nSPS) is 11.5. The summed E-state index contributed by atoms with van der Waals surface area (Å²) >= 11 is 0.727. The van der Waals surface area contributed by atoms with Gasteiger partial charge in [-0.25, -0.2) is 0 Å². The lowest BCUT2D eigenvalue weighted by Gasteiger charge is -2.31. The first-order valence-electron chi connectivity index (χ1n) is 10.8. The van der Waals surface area contributed by atoms with Gasteiger partial charge in [0.05, 0.1) is 19.4 Å². The number of hydrogen-bond donors (Lipinski definition) is 4. The van der Waals surface area contributed by atoms with Crippen LogP contribution in [-0.4, -0.2) is 59.5 Å². The third kappa shape index (κ3) is 6.09. The van der Waals surface area contributed by atoms with E-state index in [1.54, 1.807) is 43.5 Å². The van der Waals surface area contributed by atoms with E-state index < -0.39 is 23.8 Å². The number of hydrogen-bond acceptors (Lipinski definition) is 9. The summed E-state index contributed by atoms with van der Waals surface area (Å²) in [5.41, 5.74) is 12.2. The molecule has 3 aromatic rings. The maximum absolute atomic E-state index is 13.8. The predicted molar refractivity (Wildman–Crippen MR) is 134 cm³/mol. The number of anilines is 1. The number of aromatic hydroxyl groups is 1. The summed E-state index contributed by atoms with van der Waals surface area (Å²) in [6.45, 7) is 0.489. The summed E-state index contributed by atoms with van der Waals surface area (Å²) in [5.74, 6) is -1.33. The van der Waals surface area contributed by atoms with Crippen LogP contribution in [0.4, 0.5) is 5.69 Å². The van der Waals surface area contributed by atoms with Gasteiger partial charge in [0.1, 0.15) is 22.4 Å². The van der Waals surface area contributed by atoms with Crippen LogP contribution in [-0.2, 0) is 16.1 Å². The Labute approximate surface area is 211 Å². The maximum Gasteiger partial charge on any atom is 0.270 e. The zero-order valence-electron chi connectivity index (χ0n) is 19.8. The van der Waals surface area contributed by atoms with Crippen molar-refractivity contribution in [1.29, 1.82) is 0 Å². The number of nitrogens with two attached hydrogens (primary N) is 2. The third-order valence-electron chi connectivity index (χ3n) is 5.30. The van der Waals surface area contributed by atoms with Crippen LogP contribution in [0.2, 0.25) is 0 Å². The standard InChI is InChI=1S/C24H27N5O6S/c1-34-12-11-27-23(32)20(15-5-7-16(30)8-6-15)29(13-14-3-9-17(35-2)10-4-14)24(33)21-18(25)19(22(26)31)28-36-21/h3-10,20,30H,11-13,25H2,1-2H3,(H2,26,31)(H,27,32)/t20-/m1/s1. The van der Waals surface area contributed by atoms with Crippen LogP contribution in [0.15, 0.2) is 48.5 Å². The van der Waals surface area contributed by atoms with E-state index in [1.807, 2.05) is 0 Å². The molecule has 11 nitrogen and oxygen atoms in total. The van der Waals surface area contributed by atoms with Crippen LogP contribution in [0, 0.1) is 0 Å². The molecular formula is C24H27N5O6S. The van der Waals surface area contributed by atoms with E-state index in [2.05, 4.69) is 9.69 Å². The van der Waals surface area contributed by atoms with Crippen LogP contribution in [0.25, 0.3) is 0 Å². The number of carbonyl (C=O) groups is 3. The second-order valence-corrected chi connectivity index (χ2v) is 8.47. The molecule has 1 atom stereocenters. The van der Waals surface area contributed by atoms with Gasteiger partial charge in [-0.15, -0.1) is 0 Å². The van der Waals surface area contributed by atoms with Crippen LogP contribution < -0.4 is 21.5 Å². The fourth-order valence-electron chi connectivity index (χ4n) is 3.47. The molecule has 12 heteroatoms. The van der Waals surface area contributed by atoms with E-state index in [9.17, 15) is 19.5 Å². The van der Waals surface area contributed by atoms with E-state index in [0.717, 1.165) is 11.5 Å². The first-order chi connectivity index (χ1) is 17.3. The Morgan fingerprint density at radius 2 is 1.78 bits per heavy atom. The quantitative estimate of drug-likeness (QED) is 0.281. The summed E-state index contributed by atoms with van der Waals surface area (Å²) in [7, 11) is 3.05. The monoisotopic (exact) mass is 513 g/mol. The SMILES string of the molecule is COCCNC(=O)[C@@H](c1ccc(O)cc1)N(Cc1ccc(OC)cc1)C(=O)c1snc(C(N)=O)c1N. The molecule has 1 heterocycles. The largest absolute Gasteiger partial charge is 0.508 e. The van der Waals surface area contributed by atoms with Crippen molar-refractivity contribution < 1.29 is 29.0 Å². The summed E-state index contributed by atoms with van der Waals surface area (Å²) < 4.78 is 14.2. The van der Waals surface area contributed by atoms with Gasteiger partial charge in [0.2, 0.25) is 5.91 Å². The fourth-order valence-corrected chi connectivity index (χ4v) is 4.23. The number of carbonyl (C=O) groups excluding carboxylic acids is 3. The van der Waals surface area contributed by atoms with E-state index in [4.69, 9.17) is 20.9 Å². The highest BCUT2D eigenvalue weighted by molar-refractivity contribution is 7.09. The smallest absolute Gasteiger partial charge is 0.270 e. The van der Waals surface area contributed by atoms with Gasteiger partial charge in [0.15, 0.2) is 5.69 Å². The maximum atomic E-state index is 13.8. The molecule has 1 aromatic heterocycles. The molecule has 0 saturated carbocycles. The van der Waals surface area contributed by atoms with Crippen LogP contribution in [0.5, 0.6) is 11.5 Å². The Bertz CT molecular complexity index is 1210. The number of nitrogens with zero attached hydrogens (tertiary/aromatic N) is 2. The third-order valence-corrected chi connectivity index (χ3v) is 6.15. The molecule has 3 rings (SSSR count). The lowest BCUT2D eigenvalue weighted by Crippen LogP contribution is -2.44. The van der Waals surface area contributed by atoms with Gasteiger partial charge in [0, 0.05) is 20.2 Å². The Hall–Kier alpha value is -4.16. The molecule has 3 amide bonds. The lowest BCUT2D eigenvalue weighted by molar-refractivity contribution is -0.126. The molecule has 36 heavy (non-hydrogen) atoms.